The maximum atomic E-state index is 9.22. The number of fused-ring (bicyclic) bond motifs is 1. The molecule has 4 heteroatoms. The molecule has 0 radical (unpaired) electrons. The van der Waals surface area contributed by atoms with Gasteiger partial charge >= 0.3 is 0 Å². The average Bonchev–Trinajstić information content (AvgIpc) is 2.84. The summed E-state index contributed by atoms with van der Waals surface area (Å²) in [6.45, 7) is 4.12. The predicted molar refractivity (Wildman–Crippen MR) is 78.2 cm³/mol. The second-order valence-corrected chi connectivity index (χ2v) is 5.81. The number of rotatable bonds is 2. The van der Waals surface area contributed by atoms with Gasteiger partial charge in [0.15, 0.2) is 0 Å². The second-order valence-electron chi connectivity index (χ2n) is 4.58. The lowest BCUT2D eigenvalue weighted by molar-refractivity contribution is 0.282. The van der Waals surface area contributed by atoms with Gasteiger partial charge in [0.1, 0.15) is 0 Å². The van der Waals surface area contributed by atoms with E-state index in [-0.39, 0.29) is 6.61 Å². The van der Waals surface area contributed by atoms with Crippen LogP contribution in [0.1, 0.15) is 16.1 Å². The fourth-order valence-corrected chi connectivity index (χ4v) is 2.89. The molecule has 2 aromatic heterocycles. The van der Waals surface area contributed by atoms with Crippen LogP contribution >= 0.6 is 11.3 Å². The Labute approximate surface area is 115 Å². The molecule has 1 N–H and O–H groups in total. The SMILES string of the molecule is Cc1ncc(-c2cc(C)c3ccc(CO)cc3n2)s1. The third-order valence-electron chi connectivity index (χ3n) is 3.14. The monoisotopic (exact) mass is 270 g/mol. The number of benzene rings is 1. The van der Waals surface area contributed by atoms with Crippen molar-refractivity contribution in [1.82, 2.24) is 9.97 Å². The molecular formula is C15H14N2OS. The summed E-state index contributed by atoms with van der Waals surface area (Å²) in [5.74, 6) is 0. The van der Waals surface area contributed by atoms with Gasteiger partial charge in [-0.3, -0.25) is 0 Å². The van der Waals surface area contributed by atoms with Crippen LogP contribution in [-0.4, -0.2) is 15.1 Å². The highest BCUT2D eigenvalue weighted by atomic mass is 32.1. The largest absolute Gasteiger partial charge is 0.392 e. The Bertz CT molecular complexity index is 749. The van der Waals surface area contributed by atoms with Crippen molar-refractivity contribution in [3.63, 3.8) is 0 Å². The van der Waals surface area contributed by atoms with Gasteiger partial charge in [0, 0.05) is 11.6 Å². The molecular weight excluding hydrogens is 256 g/mol. The smallest absolute Gasteiger partial charge is 0.0901 e. The summed E-state index contributed by atoms with van der Waals surface area (Å²) in [4.78, 5) is 10.0. The normalized spacial score (nSPS) is 11.1. The van der Waals surface area contributed by atoms with Crippen molar-refractivity contribution in [1.29, 1.82) is 0 Å². The van der Waals surface area contributed by atoms with Gasteiger partial charge in [0.25, 0.3) is 0 Å². The maximum Gasteiger partial charge on any atom is 0.0901 e. The van der Waals surface area contributed by atoms with Crippen molar-refractivity contribution in [2.75, 3.05) is 0 Å². The van der Waals surface area contributed by atoms with Gasteiger partial charge in [-0.15, -0.1) is 11.3 Å². The van der Waals surface area contributed by atoms with Crippen LogP contribution in [0.5, 0.6) is 0 Å². The van der Waals surface area contributed by atoms with Crippen LogP contribution in [0.3, 0.4) is 0 Å². The van der Waals surface area contributed by atoms with Crippen molar-refractivity contribution in [2.45, 2.75) is 20.5 Å². The van der Waals surface area contributed by atoms with Gasteiger partial charge in [0.2, 0.25) is 0 Å². The lowest BCUT2D eigenvalue weighted by Gasteiger charge is -2.06. The van der Waals surface area contributed by atoms with Crippen molar-refractivity contribution in [3.05, 3.63) is 46.6 Å². The lowest BCUT2D eigenvalue weighted by Crippen LogP contribution is -1.90. The molecule has 0 atom stereocenters. The molecule has 0 spiro atoms. The number of hydrogen-bond acceptors (Lipinski definition) is 4. The predicted octanol–water partition coefficient (Wildman–Crippen LogP) is 3.47. The van der Waals surface area contributed by atoms with Crippen LogP contribution in [0.25, 0.3) is 21.5 Å². The van der Waals surface area contributed by atoms with E-state index in [0.717, 1.165) is 32.0 Å². The summed E-state index contributed by atoms with van der Waals surface area (Å²) in [5, 5.41) is 11.4. The zero-order valence-electron chi connectivity index (χ0n) is 10.8. The van der Waals surface area contributed by atoms with Crippen LogP contribution in [0, 0.1) is 13.8 Å². The minimum Gasteiger partial charge on any atom is -0.392 e. The number of aromatic nitrogens is 2. The van der Waals surface area contributed by atoms with Crippen LogP contribution in [0.2, 0.25) is 0 Å². The Morgan fingerprint density at radius 2 is 2.05 bits per heavy atom. The van der Waals surface area contributed by atoms with Crippen molar-refractivity contribution in [2.24, 2.45) is 0 Å². The number of nitrogens with zero attached hydrogens (tertiary/aromatic N) is 2. The minimum absolute atomic E-state index is 0.0422. The molecule has 0 aliphatic heterocycles. The number of thiazole rings is 1. The van der Waals surface area contributed by atoms with Gasteiger partial charge in [-0.2, -0.15) is 0 Å². The van der Waals surface area contributed by atoms with Gasteiger partial charge in [-0.25, -0.2) is 9.97 Å². The number of aliphatic hydroxyl groups is 1. The molecule has 0 bridgehead atoms. The molecule has 19 heavy (non-hydrogen) atoms. The average molecular weight is 270 g/mol. The Balaban J connectivity index is 2.22. The Morgan fingerprint density at radius 1 is 1.21 bits per heavy atom. The van der Waals surface area contributed by atoms with Crippen LogP contribution in [0.15, 0.2) is 30.5 Å². The Hall–Kier alpha value is -1.78. The standard InChI is InChI=1S/C15H14N2OS/c1-9-5-14(15-7-16-10(2)19-15)17-13-6-11(8-18)3-4-12(9)13/h3-7,18H,8H2,1-2H3. The molecule has 1 aromatic carbocycles. The Morgan fingerprint density at radius 3 is 2.74 bits per heavy atom. The number of aliphatic hydroxyl groups excluding tert-OH is 1. The highest BCUT2D eigenvalue weighted by molar-refractivity contribution is 7.15. The van der Waals surface area contributed by atoms with E-state index in [1.54, 1.807) is 11.3 Å². The molecule has 0 unspecified atom stereocenters. The van der Waals surface area contributed by atoms with E-state index in [1.165, 1.54) is 5.56 Å². The fourth-order valence-electron chi connectivity index (χ4n) is 2.15. The van der Waals surface area contributed by atoms with Gasteiger partial charge in [0.05, 0.1) is 27.7 Å². The first-order chi connectivity index (χ1) is 9.17. The third-order valence-corrected chi connectivity index (χ3v) is 4.07. The molecule has 2 heterocycles. The summed E-state index contributed by atoms with van der Waals surface area (Å²) in [6, 6.07) is 7.99. The van der Waals surface area contributed by atoms with E-state index in [1.807, 2.05) is 31.3 Å². The zero-order chi connectivity index (χ0) is 13.4. The summed E-state index contributed by atoms with van der Waals surface area (Å²) in [5.41, 5.74) is 3.95. The highest BCUT2D eigenvalue weighted by Gasteiger charge is 2.08. The van der Waals surface area contributed by atoms with Crippen molar-refractivity contribution >= 4 is 22.2 Å². The lowest BCUT2D eigenvalue weighted by atomic mass is 10.1. The van der Waals surface area contributed by atoms with Crippen molar-refractivity contribution < 1.29 is 5.11 Å². The number of pyridine rings is 1. The third kappa shape index (κ3) is 2.25. The molecule has 96 valence electrons. The topological polar surface area (TPSA) is 46.0 Å². The summed E-state index contributed by atoms with van der Waals surface area (Å²) in [7, 11) is 0. The van der Waals surface area contributed by atoms with E-state index in [0.29, 0.717) is 0 Å². The van der Waals surface area contributed by atoms with E-state index in [9.17, 15) is 5.11 Å². The van der Waals surface area contributed by atoms with E-state index < -0.39 is 0 Å². The molecule has 0 amide bonds. The quantitative estimate of drug-likeness (QED) is 0.775. The number of aryl methyl sites for hydroxylation is 2. The maximum absolute atomic E-state index is 9.22. The van der Waals surface area contributed by atoms with E-state index in [4.69, 9.17) is 0 Å². The Kier molecular flexibility index (Phi) is 3.05. The van der Waals surface area contributed by atoms with Crippen molar-refractivity contribution in [3.8, 4) is 10.6 Å². The van der Waals surface area contributed by atoms with Crippen LogP contribution < -0.4 is 0 Å². The first-order valence-electron chi connectivity index (χ1n) is 6.11. The highest BCUT2D eigenvalue weighted by Crippen LogP contribution is 2.28. The minimum atomic E-state index is 0.0422. The van der Waals surface area contributed by atoms with Crippen LogP contribution in [-0.2, 0) is 6.61 Å². The van der Waals surface area contributed by atoms with E-state index in [2.05, 4.69) is 23.0 Å². The number of hydrogen-bond donors (Lipinski definition) is 1. The second kappa shape index (κ2) is 4.72. The van der Waals surface area contributed by atoms with Gasteiger partial charge in [-0.1, -0.05) is 12.1 Å². The van der Waals surface area contributed by atoms with Gasteiger partial charge in [-0.05, 0) is 37.1 Å². The molecule has 3 aromatic rings. The van der Waals surface area contributed by atoms with Gasteiger partial charge < -0.3 is 5.11 Å². The molecule has 0 fully saturated rings. The van der Waals surface area contributed by atoms with Crippen LogP contribution in [0.4, 0.5) is 0 Å². The first-order valence-corrected chi connectivity index (χ1v) is 6.93. The summed E-state index contributed by atoms with van der Waals surface area (Å²) >= 11 is 1.65. The molecule has 0 aliphatic carbocycles. The fraction of sp³-hybridized carbons (Fsp3) is 0.200. The molecule has 0 aliphatic rings. The molecule has 0 saturated heterocycles. The summed E-state index contributed by atoms with van der Waals surface area (Å²) < 4.78 is 0. The first kappa shape index (κ1) is 12.3. The molecule has 3 rings (SSSR count). The molecule has 3 nitrogen and oxygen atoms in total. The zero-order valence-corrected chi connectivity index (χ0v) is 11.7. The summed E-state index contributed by atoms with van der Waals surface area (Å²) in [6.07, 6.45) is 1.86. The van der Waals surface area contributed by atoms with E-state index >= 15 is 0 Å². The molecule has 0 saturated carbocycles.